The lowest BCUT2D eigenvalue weighted by Crippen LogP contribution is -2.45. The van der Waals surface area contributed by atoms with E-state index in [4.69, 9.17) is 18.9 Å². The van der Waals surface area contributed by atoms with E-state index in [0.717, 1.165) is 22.3 Å². The highest BCUT2D eigenvalue weighted by Gasteiger charge is 2.38. The summed E-state index contributed by atoms with van der Waals surface area (Å²) < 4.78 is 23.0. The molecular weight excluding hydrogens is 604 g/mol. The number of amides is 2. The number of ketones is 1. The molecule has 0 spiro atoms. The van der Waals surface area contributed by atoms with Crippen molar-refractivity contribution >= 4 is 29.4 Å². The third-order valence-electron chi connectivity index (χ3n) is 8.49. The van der Waals surface area contributed by atoms with Gasteiger partial charge >= 0.3 is 12.1 Å². The maximum Gasteiger partial charge on any atom is 0.407 e. The average Bonchev–Trinajstić information content (AvgIpc) is 3.39. The second-order valence-corrected chi connectivity index (χ2v) is 11.8. The van der Waals surface area contributed by atoms with Crippen LogP contribution >= 0.6 is 0 Å². The monoisotopic (exact) mass is 644 g/mol. The third kappa shape index (κ3) is 8.16. The fourth-order valence-electron chi connectivity index (χ4n) is 5.97. The first-order valence-electron chi connectivity index (χ1n) is 15.8. The summed E-state index contributed by atoms with van der Waals surface area (Å²) in [6.45, 7) is 4.45. The smallest absolute Gasteiger partial charge is 0.407 e. The van der Waals surface area contributed by atoms with Gasteiger partial charge in [-0.1, -0.05) is 68.4 Å². The Hall–Kier alpha value is -4.74. The van der Waals surface area contributed by atoms with Gasteiger partial charge in [-0.2, -0.15) is 0 Å². The number of hydrogen-bond donors (Lipinski definition) is 3. The van der Waals surface area contributed by atoms with Crippen molar-refractivity contribution in [3.8, 4) is 16.9 Å². The summed E-state index contributed by atoms with van der Waals surface area (Å²) in [4.78, 5) is 50.2. The van der Waals surface area contributed by atoms with Crippen molar-refractivity contribution in [2.75, 3.05) is 18.5 Å². The van der Waals surface area contributed by atoms with Crippen LogP contribution in [0.4, 0.5) is 10.5 Å². The normalized spacial score (nSPS) is 19.1. The molecule has 3 N–H and O–H groups in total. The van der Waals surface area contributed by atoms with Crippen LogP contribution in [0.25, 0.3) is 11.1 Å². The minimum Gasteiger partial charge on any atom is -0.463 e. The van der Waals surface area contributed by atoms with E-state index in [1.165, 1.54) is 13.0 Å². The summed E-state index contributed by atoms with van der Waals surface area (Å²) in [5.41, 5.74) is 5.10. The number of fused-ring (bicyclic) bond motifs is 3. The van der Waals surface area contributed by atoms with E-state index in [0.29, 0.717) is 12.0 Å². The van der Waals surface area contributed by atoms with Crippen molar-refractivity contribution in [1.29, 1.82) is 0 Å². The molecule has 11 nitrogen and oxygen atoms in total. The van der Waals surface area contributed by atoms with Crippen LogP contribution in [0.3, 0.4) is 0 Å². The van der Waals surface area contributed by atoms with Crippen molar-refractivity contribution in [3.63, 3.8) is 0 Å². The van der Waals surface area contributed by atoms with E-state index < -0.39 is 36.5 Å². The van der Waals surface area contributed by atoms with Crippen molar-refractivity contribution in [3.05, 3.63) is 83.4 Å². The van der Waals surface area contributed by atoms with Crippen LogP contribution in [0.15, 0.2) is 66.7 Å². The molecular formula is C36H40N2O9. The number of carbonyl (C=O) groups excluding carboxylic acids is 4. The topological polar surface area (TPSA) is 149 Å². The van der Waals surface area contributed by atoms with Gasteiger partial charge < -0.3 is 34.7 Å². The Balaban J connectivity index is 1.20. The first kappa shape index (κ1) is 33.6. The number of alkyl carbamates (subject to hydrolysis) is 1. The summed E-state index contributed by atoms with van der Waals surface area (Å²) in [6.07, 6.45) is -2.11. The third-order valence-corrected chi connectivity index (χ3v) is 8.49. The van der Waals surface area contributed by atoms with Gasteiger partial charge in [-0.05, 0) is 46.4 Å². The van der Waals surface area contributed by atoms with Gasteiger partial charge in [0.1, 0.15) is 31.1 Å². The molecule has 3 aromatic rings. The Morgan fingerprint density at radius 2 is 1.66 bits per heavy atom. The van der Waals surface area contributed by atoms with Crippen molar-refractivity contribution in [2.45, 2.75) is 71.1 Å². The maximum atomic E-state index is 13.0. The number of ether oxygens (including phenoxy) is 4. The van der Waals surface area contributed by atoms with E-state index in [1.54, 1.807) is 12.1 Å². The van der Waals surface area contributed by atoms with E-state index >= 15 is 0 Å². The van der Waals surface area contributed by atoms with Gasteiger partial charge in [-0.15, -0.1) is 0 Å². The molecule has 1 aliphatic carbocycles. The molecule has 0 saturated carbocycles. The van der Waals surface area contributed by atoms with Crippen molar-refractivity contribution < 1.29 is 43.2 Å². The van der Waals surface area contributed by atoms with Gasteiger partial charge in [-0.3, -0.25) is 14.4 Å². The predicted octanol–water partition coefficient (Wildman–Crippen LogP) is 5.09. The predicted molar refractivity (Wildman–Crippen MR) is 173 cm³/mol. The summed E-state index contributed by atoms with van der Waals surface area (Å²) >= 11 is 0. The van der Waals surface area contributed by atoms with Crippen LogP contribution in [0, 0.1) is 5.92 Å². The summed E-state index contributed by atoms with van der Waals surface area (Å²) in [5, 5.41) is 14.9. The molecule has 1 heterocycles. The fraction of sp³-hybridized carbons (Fsp3) is 0.389. The Morgan fingerprint density at radius 1 is 0.979 bits per heavy atom. The molecule has 1 saturated heterocycles. The van der Waals surface area contributed by atoms with E-state index in [-0.39, 0.29) is 61.7 Å². The number of rotatable bonds is 12. The summed E-state index contributed by atoms with van der Waals surface area (Å²) in [7, 11) is 0. The molecule has 5 rings (SSSR count). The largest absolute Gasteiger partial charge is 0.463 e. The zero-order valence-electron chi connectivity index (χ0n) is 26.7. The van der Waals surface area contributed by atoms with Crippen LogP contribution in [0.5, 0.6) is 5.75 Å². The number of aliphatic hydroxyl groups excluding tert-OH is 1. The molecule has 0 aromatic heterocycles. The van der Waals surface area contributed by atoms with Crippen LogP contribution in [0.2, 0.25) is 0 Å². The number of benzene rings is 3. The lowest BCUT2D eigenvalue weighted by molar-refractivity contribution is -0.194. The van der Waals surface area contributed by atoms with Crippen LogP contribution in [-0.2, 0) is 35.2 Å². The average molecular weight is 645 g/mol. The molecule has 3 aromatic carbocycles. The first-order valence-corrected chi connectivity index (χ1v) is 15.8. The Bertz CT molecular complexity index is 1580. The SMILES string of the molecule is CCC(C)C(=O)C1CC(OC(C)=O)CC(Oc2ccc(CO)cc2NC(=O)CNC(=O)OCC2c3ccccc3-c3ccccc32)O1. The number of aliphatic hydroxyl groups is 1. The van der Waals surface area contributed by atoms with Gasteiger partial charge in [-0.25, -0.2) is 4.79 Å². The molecule has 0 radical (unpaired) electrons. The molecule has 4 unspecified atom stereocenters. The Labute approximate surface area is 273 Å². The molecule has 1 aliphatic heterocycles. The number of nitrogens with one attached hydrogen (secondary N) is 2. The zero-order chi connectivity index (χ0) is 33.5. The summed E-state index contributed by atoms with van der Waals surface area (Å²) in [6, 6.07) is 20.7. The Kier molecular flexibility index (Phi) is 10.9. The molecule has 11 heteroatoms. The first-order chi connectivity index (χ1) is 22.7. The Morgan fingerprint density at radius 3 is 2.30 bits per heavy atom. The second-order valence-electron chi connectivity index (χ2n) is 11.8. The summed E-state index contributed by atoms with van der Waals surface area (Å²) in [5.74, 6) is -1.31. The van der Waals surface area contributed by atoms with E-state index in [2.05, 4.69) is 10.6 Å². The lowest BCUT2D eigenvalue weighted by Gasteiger charge is -2.35. The van der Waals surface area contributed by atoms with Crippen LogP contribution < -0.4 is 15.4 Å². The van der Waals surface area contributed by atoms with Crippen molar-refractivity contribution in [2.24, 2.45) is 5.92 Å². The van der Waals surface area contributed by atoms with E-state index in [9.17, 15) is 24.3 Å². The maximum absolute atomic E-state index is 13.0. The fourth-order valence-corrected chi connectivity index (χ4v) is 5.97. The standard InChI is InChI=1S/C36H40N2O9/c1-4-21(2)35(42)32-16-24(45-22(3)40)17-34(47-32)46-31-14-13-23(19-39)15-30(31)38-33(41)18-37-36(43)44-20-29-27-11-7-5-9-25(27)26-10-6-8-12-28(26)29/h5-15,21,24,29,32,34,39H,4,16-20H2,1-3H3,(H,37,43)(H,38,41). The molecule has 2 amide bonds. The van der Waals surface area contributed by atoms with Gasteiger partial charge in [0.15, 0.2) is 5.78 Å². The quantitative estimate of drug-likeness (QED) is 0.229. The molecule has 4 atom stereocenters. The van der Waals surface area contributed by atoms with E-state index in [1.807, 2.05) is 62.4 Å². The lowest BCUT2D eigenvalue weighted by atomic mass is 9.93. The van der Waals surface area contributed by atoms with Gasteiger partial charge in [0, 0.05) is 31.6 Å². The molecule has 248 valence electrons. The number of carbonyl (C=O) groups is 4. The highest BCUT2D eigenvalue weighted by molar-refractivity contribution is 5.95. The minimum absolute atomic E-state index is 0.105. The number of Topliss-reactive ketones (excluding diaryl/α,β-unsaturated/α-hetero) is 1. The van der Waals surface area contributed by atoms with Gasteiger partial charge in [0.05, 0.1) is 12.3 Å². The zero-order valence-corrected chi connectivity index (χ0v) is 26.7. The molecule has 0 bridgehead atoms. The number of esters is 1. The van der Waals surface area contributed by atoms with Crippen molar-refractivity contribution in [1.82, 2.24) is 5.32 Å². The highest BCUT2D eigenvalue weighted by atomic mass is 16.7. The number of hydrogen-bond acceptors (Lipinski definition) is 9. The molecule has 2 aliphatic rings. The number of anilines is 1. The van der Waals surface area contributed by atoms with Gasteiger partial charge in [0.2, 0.25) is 12.2 Å². The van der Waals surface area contributed by atoms with Crippen LogP contribution in [-0.4, -0.2) is 60.5 Å². The molecule has 47 heavy (non-hydrogen) atoms. The molecule has 1 fully saturated rings. The highest BCUT2D eigenvalue weighted by Crippen LogP contribution is 2.44. The van der Waals surface area contributed by atoms with Gasteiger partial charge in [0.25, 0.3) is 0 Å². The minimum atomic E-state index is -0.958. The second kappa shape index (κ2) is 15.2. The van der Waals surface area contributed by atoms with Crippen LogP contribution in [0.1, 0.15) is 62.6 Å².